The molecule has 2 aromatic carbocycles. The number of aliphatic hydroxyl groups is 2. The van der Waals surface area contributed by atoms with Crippen LogP contribution in [0, 0.1) is 0 Å². The molecule has 2 amide bonds. The second-order valence-electron chi connectivity index (χ2n) is 9.23. The van der Waals surface area contributed by atoms with Gasteiger partial charge in [-0.25, -0.2) is 8.42 Å². The van der Waals surface area contributed by atoms with E-state index in [4.69, 9.17) is 0 Å². The van der Waals surface area contributed by atoms with Gasteiger partial charge in [-0.3, -0.25) is 9.59 Å². The summed E-state index contributed by atoms with van der Waals surface area (Å²) in [6.07, 6.45) is -12.6. The molecule has 0 saturated heterocycles. The highest BCUT2D eigenvalue weighted by atomic mass is 32.2. The maximum atomic E-state index is 13.1. The minimum absolute atomic E-state index is 0.0619. The van der Waals surface area contributed by atoms with E-state index in [0.29, 0.717) is 24.3 Å². The fraction of sp³-hybridized carbons (Fsp3) is 0.417. The molecule has 216 valence electrons. The molecule has 1 atom stereocenters. The van der Waals surface area contributed by atoms with Gasteiger partial charge in [0.1, 0.15) is 6.04 Å². The molecular weight excluding hydrogens is 558 g/mol. The Morgan fingerprint density at radius 3 is 1.77 bits per heavy atom. The maximum Gasteiger partial charge on any atom is 0.430 e. The molecule has 0 aliphatic rings. The van der Waals surface area contributed by atoms with Gasteiger partial charge >= 0.3 is 12.4 Å². The summed E-state index contributed by atoms with van der Waals surface area (Å²) < 4.78 is 103. The molecule has 0 heterocycles. The molecule has 4 N–H and O–H groups in total. The first-order chi connectivity index (χ1) is 17.6. The third kappa shape index (κ3) is 7.48. The number of carbonyl (C=O) groups excluding carboxylic acids is 2. The average Bonchev–Trinajstić information content (AvgIpc) is 2.80. The highest BCUT2D eigenvalue weighted by Crippen LogP contribution is 2.50. The maximum absolute atomic E-state index is 13.1. The second-order valence-corrected chi connectivity index (χ2v) is 11.5. The Hall–Kier alpha value is -3.17. The molecular formula is C24H26F6N2O6S. The predicted molar refractivity (Wildman–Crippen MR) is 127 cm³/mol. The number of benzene rings is 2. The van der Waals surface area contributed by atoms with Crippen LogP contribution >= 0.6 is 0 Å². The van der Waals surface area contributed by atoms with E-state index in [-0.39, 0.29) is 21.9 Å². The molecule has 2 rings (SSSR count). The van der Waals surface area contributed by atoms with Crippen LogP contribution in [0.2, 0.25) is 0 Å². The van der Waals surface area contributed by atoms with Crippen molar-refractivity contribution in [3.63, 3.8) is 0 Å². The number of anilines is 1. The van der Waals surface area contributed by atoms with Crippen molar-refractivity contribution in [2.45, 2.75) is 61.7 Å². The van der Waals surface area contributed by atoms with Crippen LogP contribution in [0.1, 0.15) is 44.4 Å². The van der Waals surface area contributed by atoms with Crippen LogP contribution in [0.15, 0.2) is 53.4 Å². The number of hydrogen-bond donors (Lipinski definition) is 4. The van der Waals surface area contributed by atoms with E-state index in [1.807, 2.05) is 0 Å². The zero-order chi connectivity index (χ0) is 30.0. The van der Waals surface area contributed by atoms with Crippen molar-refractivity contribution in [2.24, 2.45) is 0 Å². The third-order valence-electron chi connectivity index (χ3n) is 5.50. The van der Waals surface area contributed by atoms with Gasteiger partial charge in [0.15, 0.2) is 9.84 Å². The number of amides is 2. The fourth-order valence-corrected chi connectivity index (χ4v) is 4.32. The molecule has 0 spiro atoms. The van der Waals surface area contributed by atoms with E-state index in [1.165, 1.54) is 45.0 Å². The molecule has 39 heavy (non-hydrogen) atoms. The van der Waals surface area contributed by atoms with Crippen molar-refractivity contribution in [3.05, 3.63) is 59.7 Å². The van der Waals surface area contributed by atoms with Gasteiger partial charge in [0.05, 0.1) is 22.7 Å². The highest BCUT2D eigenvalue weighted by Gasteiger charge is 2.71. The van der Waals surface area contributed by atoms with Gasteiger partial charge < -0.3 is 20.8 Å². The Labute approximate surface area is 219 Å². The molecule has 0 fully saturated rings. The Kier molecular flexibility index (Phi) is 9.15. The van der Waals surface area contributed by atoms with Crippen LogP contribution in [-0.2, 0) is 25.0 Å². The van der Waals surface area contributed by atoms with Crippen LogP contribution in [0.25, 0.3) is 0 Å². The first-order valence-corrected chi connectivity index (χ1v) is 12.9. The molecule has 0 radical (unpaired) electrons. The van der Waals surface area contributed by atoms with E-state index in [2.05, 4.69) is 10.6 Å². The summed E-state index contributed by atoms with van der Waals surface area (Å²) in [6.45, 7) is 4.08. The Morgan fingerprint density at radius 2 is 1.36 bits per heavy atom. The molecule has 0 aliphatic carbocycles. The summed E-state index contributed by atoms with van der Waals surface area (Å²) in [5.41, 5.74) is -8.35. The van der Waals surface area contributed by atoms with Crippen molar-refractivity contribution in [1.29, 1.82) is 0 Å². The minimum Gasteiger partial charge on any atom is -0.390 e. The standard InChI is InChI=1S/C24H26F6N2O6S/c1-4-39(37,38)17-11-5-14(6-12-17)19(32-18(33)13-21(2,3)35)20(34)31-16-9-7-15(8-10-16)22(36,23(25,26)27)24(28,29)30/h5-12,19,35-36H,4,13H2,1-3H3,(H,31,34)(H,32,33). The van der Waals surface area contributed by atoms with Crippen LogP contribution < -0.4 is 10.6 Å². The van der Waals surface area contributed by atoms with Crippen molar-refractivity contribution in [3.8, 4) is 0 Å². The number of hydrogen-bond acceptors (Lipinski definition) is 6. The van der Waals surface area contributed by atoms with Crippen LogP contribution in [-0.4, -0.2) is 54.2 Å². The smallest absolute Gasteiger partial charge is 0.390 e. The van der Waals surface area contributed by atoms with Crippen LogP contribution in [0.5, 0.6) is 0 Å². The first kappa shape index (κ1) is 32.0. The van der Waals surface area contributed by atoms with Crippen molar-refractivity contribution in [2.75, 3.05) is 11.1 Å². The highest BCUT2D eigenvalue weighted by molar-refractivity contribution is 7.91. The molecule has 0 aromatic heterocycles. The van der Waals surface area contributed by atoms with Crippen molar-refractivity contribution in [1.82, 2.24) is 5.32 Å². The van der Waals surface area contributed by atoms with Crippen LogP contribution in [0.3, 0.4) is 0 Å². The lowest BCUT2D eigenvalue weighted by Gasteiger charge is -2.32. The zero-order valence-electron chi connectivity index (χ0n) is 20.8. The molecule has 1 unspecified atom stereocenters. The van der Waals surface area contributed by atoms with Crippen LogP contribution in [0.4, 0.5) is 32.0 Å². The lowest BCUT2D eigenvalue weighted by atomic mass is 9.92. The summed E-state index contributed by atoms with van der Waals surface area (Å²) in [6, 6.07) is 5.44. The summed E-state index contributed by atoms with van der Waals surface area (Å²) >= 11 is 0. The summed E-state index contributed by atoms with van der Waals surface area (Å²) in [7, 11) is -3.60. The topological polar surface area (TPSA) is 133 Å². The van der Waals surface area contributed by atoms with Gasteiger partial charge in [-0.15, -0.1) is 0 Å². The summed E-state index contributed by atoms with van der Waals surface area (Å²) in [4.78, 5) is 25.4. The Balaban J connectivity index is 2.40. The van der Waals surface area contributed by atoms with Gasteiger partial charge in [0.25, 0.3) is 11.5 Å². The molecule has 0 saturated carbocycles. The molecule has 8 nitrogen and oxygen atoms in total. The normalized spacial score (nSPS) is 14.0. The number of halogens is 6. The van der Waals surface area contributed by atoms with E-state index < -0.39 is 63.2 Å². The zero-order valence-corrected chi connectivity index (χ0v) is 21.6. The second kappa shape index (κ2) is 11.1. The number of nitrogens with one attached hydrogen (secondary N) is 2. The third-order valence-corrected chi connectivity index (χ3v) is 7.25. The van der Waals surface area contributed by atoms with Gasteiger partial charge in [-0.1, -0.05) is 31.2 Å². The quantitative estimate of drug-likeness (QED) is 0.332. The first-order valence-electron chi connectivity index (χ1n) is 11.2. The fourth-order valence-electron chi connectivity index (χ4n) is 3.44. The van der Waals surface area contributed by atoms with Gasteiger partial charge in [0, 0.05) is 11.3 Å². The average molecular weight is 585 g/mol. The summed E-state index contributed by atoms with van der Waals surface area (Å²) in [5, 5.41) is 24.0. The molecule has 15 heteroatoms. The van der Waals surface area contributed by atoms with Gasteiger partial charge in [0.2, 0.25) is 5.91 Å². The SMILES string of the molecule is CCS(=O)(=O)c1ccc(C(NC(=O)CC(C)(C)O)C(=O)Nc2ccc(C(O)(C(F)(F)F)C(F)(F)F)cc2)cc1. The minimum atomic E-state index is -6.09. The van der Waals surface area contributed by atoms with Crippen molar-refractivity contribution < 1.29 is 54.6 Å². The lowest BCUT2D eigenvalue weighted by molar-refractivity contribution is -0.376. The molecule has 0 aliphatic heterocycles. The summed E-state index contributed by atoms with van der Waals surface area (Å²) in [5.74, 6) is -1.98. The lowest BCUT2D eigenvalue weighted by Crippen LogP contribution is -2.53. The Bertz CT molecular complexity index is 1270. The largest absolute Gasteiger partial charge is 0.430 e. The van der Waals surface area contributed by atoms with E-state index in [9.17, 15) is 54.6 Å². The Morgan fingerprint density at radius 1 is 0.872 bits per heavy atom. The van der Waals surface area contributed by atoms with Gasteiger partial charge in [-0.05, 0) is 43.7 Å². The van der Waals surface area contributed by atoms with Crippen molar-refractivity contribution >= 4 is 27.3 Å². The molecule has 0 bridgehead atoms. The number of rotatable bonds is 9. The van der Waals surface area contributed by atoms with E-state index in [0.717, 1.165) is 0 Å². The molecule has 2 aromatic rings. The van der Waals surface area contributed by atoms with Gasteiger partial charge in [-0.2, -0.15) is 26.3 Å². The number of carbonyl (C=O) groups is 2. The number of alkyl halides is 6. The predicted octanol–water partition coefficient (Wildman–Crippen LogP) is 3.75. The number of sulfone groups is 1. The van der Waals surface area contributed by atoms with E-state index >= 15 is 0 Å². The monoisotopic (exact) mass is 584 g/mol. The van der Waals surface area contributed by atoms with E-state index in [1.54, 1.807) is 0 Å².